The molecule has 4 rings (SSSR count). The summed E-state index contributed by atoms with van der Waals surface area (Å²) >= 11 is 6.02. The molecule has 1 aliphatic rings. The van der Waals surface area contributed by atoms with Crippen LogP contribution in [0.3, 0.4) is 0 Å². The van der Waals surface area contributed by atoms with Crippen molar-refractivity contribution in [3.8, 4) is 11.4 Å². The summed E-state index contributed by atoms with van der Waals surface area (Å²) in [6.07, 6.45) is 2.96. The van der Waals surface area contributed by atoms with Crippen molar-refractivity contribution in [2.75, 3.05) is 6.54 Å². The summed E-state index contributed by atoms with van der Waals surface area (Å²) in [4.78, 5) is 4.42. The van der Waals surface area contributed by atoms with Crippen molar-refractivity contribution in [2.45, 2.75) is 18.9 Å². The first kappa shape index (κ1) is 18.9. The van der Waals surface area contributed by atoms with Gasteiger partial charge in [0.15, 0.2) is 0 Å². The Labute approximate surface area is 168 Å². The molecule has 2 aromatic carbocycles. The van der Waals surface area contributed by atoms with Gasteiger partial charge in [-0.3, -0.25) is 0 Å². The molecule has 144 valence electrons. The maximum absolute atomic E-state index is 12.8. The van der Waals surface area contributed by atoms with Crippen molar-refractivity contribution in [1.29, 1.82) is 0 Å². The number of hydrogen-bond acceptors (Lipinski definition) is 5. The van der Waals surface area contributed by atoms with E-state index in [1.54, 1.807) is 24.3 Å². The third kappa shape index (κ3) is 4.01. The summed E-state index contributed by atoms with van der Waals surface area (Å²) in [5, 5.41) is 5.80. The van der Waals surface area contributed by atoms with E-state index in [0.717, 1.165) is 17.5 Å². The van der Waals surface area contributed by atoms with Crippen LogP contribution in [0.1, 0.15) is 30.3 Å². The Morgan fingerprint density at radius 2 is 1.96 bits per heavy atom. The molecule has 0 spiro atoms. The molecule has 2 heterocycles. The summed E-state index contributed by atoms with van der Waals surface area (Å²) < 4.78 is 32.5. The molecule has 1 aliphatic heterocycles. The Morgan fingerprint density at radius 1 is 1.14 bits per heavy atom. The van der Waals surface area contributed by atoms with Crippen molar-refractivity contribution >= 4 is 27.7 Å². The highest BCUT2D eigenvalue weighted by Crippen LogP contribution is 2.35. The highest BCUT2D eigenvalue weighted by atomic mass is 35.5. The number of hydrogen-bond donors (Lipinski definition) is 0. The van der Waals surface area contributed by atoms with E-state index in [-0.39, 0.29) is 0 Å². The van der Waals surface area contributed by atoms with Crippen LogP contribution >= 0.6 is 11.6 Å². The topological polar surface area (TPSA) is 76.3 Å². The first-order chi connectivity index (χ1) is 13.5. The minimum atomic E-state index is -3.61. The first-order valence-electron chi connectivity index (χ1n) is 8.87. The molecule has 1 aromatic heterocycles. The van der Waals surface area contributed by atoms with E-state index in [4.69, 9.17) is 16.1 Å². The van der Waals surface area contributed by atoms with Gasteiger partial charge in [-0.2, -0.15) is 9.29 Å². The van der Waals surface area contributed by atoms with E-state index < -0.39 is 16.1 Å². The smallest absolute Gasteiger partial charge is 0.245 e. The molecule has 0 saturated carbocycles. The number of rotatable bonds is 5. The quantitative estimate of drug-likeness (QED) is 0.612. The largest absolute Gasteiger partial charge is 0.337 e. The minimum absolute atomic E-state index is 0.296. The Morgan fingerprint density at radius 3 is 2.75 bits per heavy atom. The average Bonchev–Trinajstić information content (AvgIpc) is 3.37. The van der Waals surface area contributed by atoms with Gasteiger partial charge in [0.2, 0.25) is 21.7 Å². The zero-order valence-electron chi connectivity index (χ0n) is 14.9. The molecule has 1 atom stereocenters. The highest BCUT2D eigenvalue weighted by molar-refractivity contribution is 7.92. The lowest BCUT2D eigenvalue weighted by atomic mass is 10.2. The van der Waals surface area contributed by atoms with Gasteiger partial charge in [-0.15, -0.1) is 0 Å². The lowest BCUT2D eigenvalue weighted by molar-refractivity contribution is 0.292. The maximum atomic E-state index is 12.8. The van der Waals surface area contributed by atoms with Crippen molar-refractivity contribution in [2.24, 2.45) is 0 Å². The second-order valence-electron chi connectivity index (χ2n) is 6.49. The van der Waals surface area contributed by atoms with E-state index >= 15 is 0 Å². The normalized spacial score (nSPS) is 18.1. The fourth-order valence-electron chi connectivity index (χ4n) is 3.21. The van der Waals surface area contributed by atoms with Crippen molar-refractivity contribution < 1.29 is 12.9 Å². The number of sulfonamides is 1. The molecule has 0 bridgehead atoms. The monoisotopic (exact) mass is 415 g/mol. The second kappa shape index (κ2) is 7.87. The Balaban J connectivity index is 1.58. The molecule has 1 saturated heterocycles. The zero-order valence-corrected chi connectivity index (χ0v) is 16.5. The molecule has 0 aliphatic carbocycles. The predicted octanol–water partition coefficient (Wildman–Crippen LogP) is 4.53. The molecule has 0 N–H and O–H groups in total. The molecular weight excluding hydrogens is 398 g/mol. The lowest BCUT2D eigenvalue weighted by Gasteiger charge is -2.19. The summed E-state index contributed by atoms with van der Waals surface area (Å²) in [6, 6.07) is 16.0. The van der Waals surface area contributed by atoms with Crippen molar-refractivity contribution in [3.63, 3.8) is 0 Å². The Kier molecular flexibility index (Phi) is 5.30. The molecule has 8 heteroatoms. The summed E-state index contributed by atoms with van der Waals surface area (Å²) in [5.41, 5.74) is 1.54. The van der Waals surface area contributed by atoms with Crippen LogP contribution in [0.25, 0.3) is 17.5 Å². The lowest BCUT2D eigenvalue weighted by Crippen LogP contribution is -2.29. The number of aromatic nitrogens is 2. The van der Waals surface area contributed by atoms with Crippen LogP contribution in [0.5, 0.6) is 0 Å². The Hall–Kier alpha value is -2.48. The standard InChI is InChI=1S/C20H18ClN3O3S/c21-17-9-4-8-16(14-17)19-22-20(27-23-19)18-10-5-12-24(18)28(25,26)13-11-15-6-2-1-3-7-15/h1-4,6-9,11,13-14,18H,5,10,12H2/b13-11+. The van der Waals surface area contributed by atoms with Crippen LogP contribution in [0.4, 0.5) is 0 Å². The molecule has 1 fully saturated rings. The van der Waals surface area contributed by atoms with Crippen LogP contribution in [0, 0.1) is 0 Å². The van der Waals surface area contributed by atoms with Crippen molar-refractivity contribution in [1.82, 2.24) is 14.4 Å². The second-order valence-corrected chi connectivity index (χ2v) is 8.70. The fraction of sp³-hybridized carbons (Fsp3) is 0.200. The maximum Gasteiger partial charge on any atom is 0.245 e. The van der Waals surface area contributed by atoms with Gasteiger partial charge >= 0.3 is 0 Å². The minimum Gasteiger partial charge on any atom is -0.337 e. The predicted molar refractivity (Wildman–Crippen MR) is 108 cm³/mol. The van der Waals surface area contributed by atoms with Crippen LogP contribution < -0.4 is 0 Å². The summed E-state index contributed by atoms with van der Waals surface area (Å²) in [6.45, 7) is 0.418. The third-order valence-electron chi connectivity index (χ3n) is 4.57. The Bertz CT molecular complexity index is 1100. The number of benzene rings is 2. The molecule has 1 unspecified atom stereocenters. The van der Waals surface area contributed by atoms with Gasteiger partial charge in [-0.25, -0.2) is 8.42 Å². The average molecular weight is 416 g/mol. The molecule has 28 heavy (non-hydrogen) atoms. The molecular formula is C20H18ClN3O3S. The molecule has 0 radical (unpaired) electrons. The summed E-state index contributed by atoms with van der Waals surface area (Å²) in [7, 11) is -3.61. The van der Waals surface area contributed by atoms with Crippen LogP contribution in [-0.4, -0.2) is 29.4 Å². The van der Waals surface area contributed by atoms with Gasteiger partial charge in [0.1, 0.15) is 6.04 Å². The van der Waals surface area contributed by atoms with E-state index in [1.807, 2.05) is 36.4 Å². The zero-order chi connectivity index (χ0) is 19.6. The van der Waals surface area contributed by atoms with Crippen molar-refractivity contribution in [3.05, 3.63) is 76.5 Å². The molecule has 6 nitrogen and oxygen atoms in total. The van der Waals surface area contributed by atoms with Crippen LogP contribution in [0.2, 0.25) is 5.02 Å². The number of halogens is 1. The summed E-state index contributed by atoms with van der Waals surface area (Å²) in [5.74, 6) is 0.686. The fourth-order valence-corrected chi connectivity index (χ4v) is 4.82. The van der Waals surface area contributed by atoms with Gasteiger partial charge in [-0.05, 0) is 36.6 Å². The van der Waals surface area contributed by atoms with E-state index in [2.05, 4.69) is 10.1 Å². The van der Waals surface area contributed by atoms with Gasteiger partial charge in [-0.1, -0.05) is 59.2 Å². The van der Waals surface area contributed by atoms with Crippen LogP contribution in [-0.2, 0) is 10.0 Å². The van der Waals surface area contributed by atoms with Gasteiger partial charge in [0, 0.05) is 22.5 Å². The highest BCUT2D eigenvalue weighted by Gasteiger charge is 2.37. The third-order valence-corrected chi connectivity index (χ3v) is 6.38. The van der Waals surface area contributed by atoms with E-state index in [9.17, 15) is 8.42 Å². The number of nitrogens with zero attached hydrogens (tertiary/aromatic N) is 3. The van der Waals surface area contributed by atoms with E-state index in [1.165, 1.54) is 9.71 Å². The van der Waals surface area contributed by atoms with Gasteiger partial charge in [0.25, 0.3) is 0 Å². The van der Waals surface area contributed by atoms with Gasteiger partial charge in [0.05, 0.1) is 0 Å². The van der Waals surface area contributed by atoms with Gasteiger partial charge < -0.3 is 4.52 Å². The SMILES string of the molecule is O=S(=O)(/C=C/c1ccccc1)N1CCCC1c1nc(-c2cccc(Cl)c2)no1. The van der Waals surface area contributed by atoms with E-state index in [0.29, 0.717) is 29.7 Å². The molecule has 0 amide bonds. The molecule has 3 aromatic rings. The first-order valence-corrected chi connectivity index (χ1v) is 10.8. The van der Waals surface area contributed by atoms with Crippen LogP contribution in [0.15, 0.2) is 64.5 Å².